The topological polar surface area (TPSA) is 24.0 Å². The van der Waals surface area contributed by atoms with Crippen LogP contribution in [0.25, 0.3) is 11.0 Å². The maximum atomic E-state index is 5.48. The summed E-state index contributed by atoms with van der Waals surface area (Å²) < 4.78 is 2.98. The van der Waals surface area contributed by atoms with Crippen molar-refractivity contribution in [2.45, 2.75) is 26.1 Å². The molecule has 2 aromatic carbocycles. The first-order valence-corrected chi connectivity index (χ1v) is 7.97. The number of H-pyrrole nitrogens is 1. The van der Waals surface area contributed by atoms with Gasteiger partial charge in [0.2, 0.25) is 0 Å². The standard InChI is InChI=1S/C18H21N3S/c1-14(20(2)13-15-8-4-3-5-9-15)12-21-17-11-7-6-10-16(17)19-18(21)22/h3-11,14H,12-13H2,1-2H3,(H,19,22). The SMILES string of the molecule is CC(Cn1c(=S)[nH]c2ccccc21)N(C)Cc1ccccc1. The number of imidazole rings is 1. The summed E-state index contributed by atoms with van der Waals surface area (Å²) in [5.74, 6) is 0. The fraction of sp³-hybridized carbons (Fsp3) is 0.278. The third kappa shape index (κ3) is 3.13. The van der Waals surface area contributed by atoms with Gasteiger partial charge in [-0.15, -0.1) is 0 Å². The molecule has 0 radical (unpaired) electrons. The molecule has 0 aliphatic rings. The van der Waals surface area contributed by atoms with Crippen molar-refractivity contribution >= 4 is 23.3 Å². The normalized spacial score (nSPS) is 12.9. The molecule has 0 saturated carbocycles. The first-order valence-electron chi connectivity index (χ1n) is 7.57. The largest absolute Gasteiger partial charge is 0.331 e. The molecular formula is C18H21N3S. The van der Waals surface area contributed by atoms with Gasteiger partial charge in [-0.25, -0.2) is 0 Å². The maximum absolute atomic E-state index is 5.48. The number of hydrogen-bond acceptors (Lipinski definition) is 2. The van der Waals surface area contributed by atoms with Crippen LogP contribution in [0.4, 0.5) is 0 Å². The smallest absolute Gasteiger partial charge is 0.178 e. The number of fused-ring (bicyclic) bond motifs is 1. The summed E-state index contributed by atoms with van der Waals surface area (Å²) in [6.07, 6.45) is 0. The maximum Gasteiger partial charge on any atom is 0.178 e. The van der Waals surface area contributed by atoms with E-state index in [0.717, 1.165) is 23.4 Å². The van der Waals surface area contributed by atoms with Gasteiger partial charge in [0.05, 0.1) is 11.0 Å². The molecule has 3 rings (SSSR count). The van der Waals surface area contributed by atoms with Crippen molar-refractivity contribution in [2.24, 2.45) is 0 Å². The van der Waals surface area contributed by atoms with Crippen molar-refractivity contribution in [3.05, 3.63) is 64.9 Å². The second-order valence-electron chi connectivity index (χ2n) is 5.81. The summed E-state index contributed by atoms with van der Waals surface area (Å²) in [5, 5.41) is 0. The van der Waals surface area contributed by atoms with Crippen molar-refractivity contribution in [3.63, 3.8) is 0 Å². The molecule has 1 N–H and O–H groups in total. The van der Waals surface area contributed by atoms with Crippen molar-refractivity contribution in [3.8, 4) is 0 Å². The molecule has 3 aromatic rings. The number of nitrogens with zero attached hydrogens (tertiary/aromatic N) is 2. The van der Waals surface area contributed by atoms with E-state index in [0.29, 0.717) is 6.04 Å². The monoisotopic (exact) mass is 311 g/mol. The Balaban J connectivity index is 1.77. The highest BCUT2D eigenvalue weighted by Gasteiger charge is 2.13. The summed E-state index contributed by atoms with van der Waals surface area (Å²) in [7, 11) is 2.16. The van der Waals surface area contributed by atoms with E-state index in [1.807, 2.05) is 6.07 Å². The average molecular weight is 311 g/mol. The predicted molar refractivity (Wildman–Crippen MR) is 94.5 cm³/mol. The third-order valence-electron chi connectivity index (χ3n) is 4.16. The molecule has 1 unspecified atom stereocenters. The molecule has 3 nitrogen and oxygen atoms in total. The molecule has 1 atom stereocenters. The van der Waals surface area contributed by atoms with Crippen LogP contribution >= 0.6 is 12.2 Å². The molecule has 0 bridgehead atoms. The van der Waals surface area contributed by atoms with E-state index in [-0.39, 0.29) is 0 Å². The van der Waals surface area contributed by atoms with Gasteiger partial charge in [-0.1, -0.05) is 42.5 Å². The number of aromatic amines is 1. The Morgan fingerprint density at radius 1 is 1.09 bits per heavy atom. The lowest BCUT2D eigenvalue weighted by atomic mass is 10.2. The second-order valence-corrected chi connectivity index (χ2v) is 6.19. The highest BCUT2D eigenvalue weighted by Crippen LogP contribution is 2.15. The number of aromatic nitrogens is 2. The Labute approximate surface area is 136 Å². The molecule has 0 fully saturated rings. The minimum Gasteiger partial charge on any atom is -0.331 e. The van der Waals surface area contributed by atoms with Crippen LogP contribution in [0.3, 0.4) is 0 Å². The number of hydrogen-bond donors (Lipinski definition) is 1. The Morgan fingerprint density at radius 2 is 1.77 bits per heavy atom. The van der Waals surface area contributed by atoms with Crippen molar-refractivity contribution in [1.82, 2.24) is 14.5 Å². The van der Waals surface area contributed by atoms with Gasteiger partial charge < -0.3 is 9.55 Å². The highest BCUT2D eigenvalue weighted by molar-refractivity contribution is 7.71. The zero-order valence-electron chi connectivity index (χ0n) is 13.0. The van der Waals surface area contributed by atoms with Crippen LogP contribution in [-0.4, -0.2) is 27.5 Å². The van der Waals surface area contributed by atoms with E-state index in [1.54, 1.807) is 0 Å². The number of rotatable bonds is 5. The molecule has 0 amide bonds. The fourth-order valence-electron chi connectivity index (χ4n) is 2.72. The fourth-order valence-corrected chi connectivity index (χ4v) is 3.00. The molecule has 0 saturated heterocycles. The number of nitrogens with one attached hydrogen (secondary N) is 1. The van der Waals surface area contributed by atoms with Gasteiger partial charge in [-0.3, -0.25) is 4.90 Å². The predicted octanol–water partition coefficient (Wildman–Crippen LogP) is 4.22. The van der Waals surface area contributed by atoms with Gasteiger partial charge in [0, 0.05) is 19.1 Å². The minimum atomic E-state index is 0.395. The summed E-state index contributed by atoms with van der Waals surface area (Å²) in [5.41, 5.74) is 3.61. The zero-order valence-corrected chi connectivity index (χ0v) is 13.8. The quantitative estimate of drug-likeness (QED) is 0.713. The van der Waals surface area contributed by atoms with E-state index in [1.165, 1.54) is 11.1 Å². The minimum absolute atomic E-state index is 0.395. The van der Waals surface area contributed by atoms with Crippen LogP contribution in [0, 0.1) is 4.77 Å². The first kappa shape index (κ1) is 15.0. The third-order valence-corrected chi connectivity index (χ3v) is 4.48. The van der Waals surface area contributed by atoms with Crippen LogP contribution in [0.15, 0.2) is 54.6 Å². The second kappa shape index (κ2) is 6.46. The van der Waals surface area contributed by atoms with E-state index < -0.39 is 0 Å². The lowest BCUT2D eigenvalue weighted by Crippen LogP contribution is -2.32. The van der Waals surface area contributed by atoms with Crippen LogP contribution in [-0.2, 0) is 13.1 Å². The van der Waals surface area contributed by atoms with E-state index in [9.17, 15) is 0 Å². The molecule has 1 aromatic heterocycles. The molecule has 4 heteroatoms. The average Bonchev–Trinajstić information content (AvgIpc) is 2.84. The molecule has 114 valence electrons. The lowest BCUT2D eigenvalue weighted by molar-refractivity contribution is 0.228. The Morgan fingerprint density at radius 3 is 2.55 bits per heavy atom. The molecule has 1 heterocycles. The highest BCUT2D eigenvalue weighted by atomic mass is 32.1. The van der Waals surface area contributed by atoms with Crippen molar-refractivity contribution in [2.75, 3.05) is 7.05 Å². The van der Waals surface area contributed by atoms with Gasteiger partial charge in [0.25, 0.3) is 0 Å². The van der Waals surface area contributed by atoms with E-state index in [4.69, 9.17) is 12.2 Å². The van der Waals surface area contributed by atoms with Gasteiger partial charge in [-0.2, -0.15) is 0 Å². The Hall–Kier alpha value is -1.91. The van der Waals surface area contributed by atoms with Crippen LogP contribution < -0.4 is 0 Å². The van der Waals surface area contributed by atoms with E-state index in [2.05, 4.69) is 77.0 Å². The van der Waals surface area contributed by atoms with E-state index >= 15 is 0 Å². The van der Waals surface area contributed by atoms with Gasteiger partial charge >= 0.3 is 0 Å². The Kier molecular flexibility index (Phi) is 4.41. The van der Waals surface area contributed by atoms with Crippen LogP contribution in [0.1, 0.15) is 12.5 Å². The summed E-state index contributed by atoms with van der Waals surface area (Å²) in [4.78, 5) is 5.64. The van der Waals surface area contributed by atoms with Crippen molar-refractivity contribution < 1.29 is 0 Å². The molecule has 0 aliphatic carbocycles. The molecule has 0 aliphatic heterocycles. The van der Waals surface area contributed by atoms with Crippen LogP contribution in [0.2, 0.25) is 0 Å². The molecule has 0 spiro atoms. The van der Waals surface area contributed by atoms with Gasteiger partial charge in [0.1, 0.15) is 0 Å². The van der Waals surface area contributed by atoms with Crippen molar-refractivity contribution in [1.29, 1.82) is 0 Å². The van der Waals surface area contributed by atoms with Gasteiger partial charge in [-0.05, 0) is 43.9 Å². The summed E-state index contributed by atoms with van der Waals surface area (Å²) in [6, 6.07) is 19.2. The summed E-state index contributed by atoms with van der Waals surface area (Å²) >= 11 is 5.48. The van der Waals surface area contributed by atoms with Gasteiger partial charge in [0.15, 0.2) is 4.77 Å². The molecular weight excluding hydrogens is 290 g/mol. The summed E-state index contributed by atoms with van der Waals surface area (Å²) in [6.45, 7) is 4.07. The van der Waals surface area contributed by atoms with Crippen LogP contribution in [0.5, 0.6) is 0 Å². The number of benzene rings is 2. The molecule has 22 heavy (non-hydrogen) atoms. The lowest BCUT2D eigenvalue weighted by Gasteiger charge is -2.25. The Bertz CT molecular complexity index is 804. The number of likely N-dealkylation sites (N-methyl/N-ethyl adjacent to an activating group) is 1. The number of para-hydroxylation sites is 2. The zero-order chi connectivity index (χ0) is 15.5. The first-order chi connectivity index (χ1) is 10.6.